The van der Waals surface area contributed by atoms with E-state index in [0.29, 0.717) is 6.54 Å². The van der Waals surface area contributed by atoms with Gasteiger partial charge in [-0.1, -0.05) is 18.2 Å². The van der Waals surface area contributed by atoms with Crippen LogP contribution in [0.3, 0.4) is 0 Å². The number of hydrogen-bond acceptors (Lipinski definition) is 4. The van der Waals surface area contributed by atoms with Gasteiger partial charge in [0.25, 0.3) is 0 Å². The molecule has 2 aliphatic rings. The van der Waals surface area contributed by atoms with Gasteiger partial charge < -0.3 is 9.47 Å². The van der Waals surface area contributed by atoms with E-state index in [2.05, 4.69) is 37.9 Å². The molecule has 0 fully saturated rings. The summed E-state index contributed by atoms with van der Waals surface area (Å²) in [5.74, 6) is 2.10. The minimum Gasteiger partial charge on any atom is -0.313 e. The quantitative estimate of drug-likeness (QED) is 0.844. The molecule has 0 radical (unpaired) electrons. The Morgan fingerprint density at radius 3 is 2.88 bits per heavy atom. The molecule has 0 saturated heterocycles. The first-order valence-electron chi connectivity index (χ1n) is 8.67. The number of anilines is 1. The first kappa shape index (κ1) is 15.3. The molecule has 1 amide bonds. The fourth-order valence-electron chi connectivity index (χ4n) is 3.80. The van der Waals surface area contributed by atoms with Crippen LogP contribution in [0, 0.1) is 6.92 Å². The highest BCUT2D eigenvalue weighted by atomic mass is 16.2. The second-order valence-electron chi connectivity index (χ2n) is 6.68. The van der Waals surface area contributed by atoms with Crippen molar-refractivity contribution in [2.24, 2.45) is 0 Å². The van der Waals surface area contributed by atoms with Crippen LogP contribution >= 0.6 is 0 Å². The molecule has 4 rings (SSSR count). The Labute approximate surface area is 142 Å². The molecule has 6 nitrogen and oxygen atoms in total. The molecule has 24 heavy (non-hydrogen) atoms. The first-order chi connectivity index (χ1) is 11.6. The third-order valence-corrected chi connectivity index (χ3v) is 5.25. The molecule has 1 aromatic carbocycles. The number of carbonyl (C=O) groups is 1. The molecule has 1 aromatic heterocycles. The Bertz CT molecular complexity index is 769. The Morgan fingerprint density at radius 1 is 1.17 bits per heavy atom. The summed E-state index contributed by atoms with van der Waals surface area (Å²) < 4.78 is 2.14. The van der Waals surface area contributed by atoms with E-state index in [1.807, 2.05) is 24.8 Å². The molecule has 6 heteroatoms. The number of benzene rings is 1. The molecule has 0 saturated carbocycles. The standard InChI is InChI=1S/C18H23N5O/c1-13(21-10-11-22-14(2)19-20-17(22)12-21)18(24)23-9-5-7-15-6-3-4-8-16(15)23/h3-4,6,8,13H,5,7,9-12H2,1-2H3/t13-/m1/s1. The number of aromatic nitrogens is 3. The summed E-state index contributed by atoms with van der Waals surface area (Å²) in [4.78, 5) is 17.3. The summed E-state index contributed by atoms with van der Waals surface area (Å²) in [6, 6.07) is 8.11. The molecule has 0 N–H and O–H groups in total. The number of hydrogen-bond donors (Lipinski definition) is 0. The Morgan fingerprint density at radius 2 is 2.00 bits per heavy atom. The van der Waals surface area contributed by atoms with Gasteiger partial charge in [0.2, 0.25) is 5.91 Å². The third-order valence-electron chi connectivity index (χ3n) is 5.25. The summed E-state index contributed by atoms with van der Waals surface area (Å²) in [7, 11) is 0. The number of para-hydroxylation sites is 1. The zero-order valence-corrected chi connectivity index (χ0v) is 14.3. The smallest absolute Gasteiger partial charge is 0.244 e. The number of rotatable bonds is 2. The van der Waals surface area contributed by atoms with Crippen molar-refractivity contribution < 1.29 is 4.79 Å². The molecule has 2 aromatic rings. The van der Waals surface area contributed by atoms with E-state index in [-0.39, 0.29) is 11.9 Å². The zero-order valence-electron chi connectivity index (χ0n) is 14.3. The van der Waals surface area contributed by atoms with E-state index in [9.17, 15) is 4.79 Å². The molecule has 0 bridgehead atoms. The number of carbonyl (C=O) groups excluding carboxylic acids is 1. The van der Waals surface area contributed by atoms with Gasteiger partial charge in [-0.05, 0) is 38.3 Å². The summed E-state index contributed by atoms with van der Waals surface area (Å²) in [5.41, 5.74) is 2.36. The summed E-state index contributed by atoms with van der Waals surface area (Å²) >= 11 is 0. The number of nitrogens with zero attached hydrogens (tertiary/aromatic N) is 5. The first-order valence-corrected chi connectivity index (χ1v) is 8.67. The number of aryl methyl sites for hydroxylation is 2. The molecular formula is C18H23N5O. The van der Waals surface area contributed by atoms with Crippen LogP contribution in [0.1, 0.15) is 30.6 Å². The number of amides is 1. The van der Waals surface area contributed by atoms with E-state index in [4.69, 9.17) is 0 Å². The fraction of sp³-hybridized carbons (Fsp3) is 0.500. The lowest BCUT2D eigenvalue weighted by Gasteiger charge is -2.37. The monoisotopic (exact) mass is 325 g/mol. The fourth-order valence-corrected chi connectivity index (χ4v) is 3.80. The van der Waals surface area contributed by atoms with E-state index in [1.165, 1.54) is 5.56 Å². The van der Waals surface area contributed by atoms with Gasteiger partial charge in [0.05, 0.1) is 12.6 Å². The normalized spacial score (nSPS) is 18.8. The third kappa shape index (κ3) is 2.51. The second-order valence-corrected chi connectivity index (χ2v) is 6.68. The predicted octanol–water partition coefficient (Wildman–Crippen LogP) is 1.77. The van der Waals surface area contributed by atoms with E-state index in [1.54, 1.807) is 0 Å². The molecule has 2 aliphatic heterocycles. The Balaban J connectivity index is 1.53. The maximum absolute atomic E-state index is 13.1. The second kappa shape index (κ2) is 6.02. The molecule has 0 aliphatic carbocycles. The Hall–Kier alpha value is -2.21. The topological polar surface area (TPSA) is 54.3 Å². The van der Waals surface area contributed by atoms with Crippen LogP contribution < -0.4 is 4.90 Å². The summed E-state index contributed by atoms with van der Waals surface area (Å²) in [5, 5.41) is 8.39. The van der Waals surface area contributed by atoms with Crippen LogP contribution in [0.15, 0.2) is 24.3 Å². The van der Waals surface area contributed by atoms with Crippen LogP contribution in [-0.4, -0.2) is 44.7 Å². The largest absolute Gasteiger partial charge is 0.313 e. The SMILES string of the molecule is Cc1nnc2n1CCN([C@H](C)C(=O)N1CCCc3ccccc31)C2. The highest BCUT2D eigenvalue weighted by molar-refractivity contribution is 5.98. The number of fused-ring (bicyclic) bond motifs is 2. The van der Waals surface area contributed by atoms with Crippen LogP contribution in [0.5, 0.6) is 0 Å². The highest BCUT2D eigenvalue weighted by Crippen LogP contribution is 2.28. The van der Waals surface area contributed by atoms with Gasteiger partial charge in [0.15, 0.2) is 0 Å². The van der Waals surface area contributed by atoms with Crippen molar-refractivity contribution in [3.05, 3.63) is 41.5 Å². The van der Waals surface area contributed by atoms with Gasteiger partial charge in [-0.2, -0.15) is 0 Å². The van der Waals surface area contributed by atoms with Crippen LogP contribution in [-0.2, 0) is 24.3 Å². The lowest BCUT2D eigenvalue weighted by Crippen LogP contribution is -2.50. The van der Waals surface area contributed by atoms with Crippen molar-refractivity contribution in [2.45, 2.75) is 45.8 Å². The minimum atomic E-state index is -0.151. The molecule has 126 valence electrons. The van der Waals surface area contributed by atoms with Gasteiger partial charge >= 0.3 is 0 Å². The van der Waals surface area contributed by atoms with Gasteiger partial charge in [0.1, 0.15) is 11.6 Å². The van der Waals surface area contributed by atoms with Crippen molar-refractivity contribution in [3.63, 3.8) is 0 Å². The van der Waals surface area contributed by atoms with Gasteiger partial charge in [-0.3, -0.25) is 9.69 Å². The molecule has 3 heterocycles. The average molecular weight is 325 g/mol. The average Bonchev–Trinajstić information content (AvgIpc) is 3.00. The van der Waals surface area contributed by atoms with E-state index < -0.39 is 0 Å². The van der Waals surface area contributed by atoms with Crippen LogP contribution in [0.4, 0.5) is 5.69 Å². The van der Waals surface area contributed by atoms with Gasteiger partial charge in [0, 0.05) is 25.3 Å². The van der Waals surface area contributed by atoms with Crippen molar-refractivity contribution in [2.75, 3.05) is 18.0 Å². The van der Waals surface area contributed by atoms with Crippen molar-refractivity contribution in [1.82, 2.24) is 19.7 Å². The lowest BCUT2D eigenvalue weighted by molar-refractivity contribution is -0.123. The van der Waals surface area contributed by atoms with E-state index >= 15 is 0 Å². The predicted molar refractivity (Wildman–Crippen MR) is 91.7 cm³/mol. The minimum absolute atomic E-state index is 0.151. The van der Waals surface area contributed by atoms with Crippen LogP contribution in [0.2, 0.25) is 0 Å². The van der Waals surface area contributed by atoms with Gasteiger partial charge in [-0.15, -0.1) is 10.2 Å². The highest BCUT2D eigenvalue weighted by Gasteiger charge is 2.32. The van der Waals surface area contributed by atoms with Crippen molar-refractivity contribution in [3.8, 4) is 0 Å². The lowest BCUT2D eigenvalue weighted by atomic mass is 10.0. The van der Waals surface area contributed by atoms with Crippen molar-refractivity contribution >= 4 is 11.6 Å². The molecular weight excluding hydrogens is 302 g/mol. The zero-order chi connectivity index (χ0) is 16.7. The molecule has 0 spiro atoms. The van der Waals surface area contributed by atoms with Crippen molar-refractivity contribution in [1.29, 1.82) is 0 Å². The van der Waals surface area contributed by atoms with Gasteiger partial charge in [-0.25, -0.2) is 0 Å². The molecule has 1 atom stereocenters. The molecule has 0 unspecified atom stereocenters. The maximum Gasteiger partial charge on any atom is 0.244 e. The Kier molecular flexibility index (Phi) is 3.84. The van der Waals surface area contributed by atoms with E-state index in [0.717, 1.165) is 49.8 Å². The maximum atomic E-state index is 13.1. The summed E-state index contributed by atoms with van der Waals surface area (Å²) in [6.45, 7) is 7.19. The summed E-state index contributed by atoms with van der Waals surface area (Å²) in [6.07, 6.45) is 2.09. The van der Waals surface area contributed by atoms with Crippen LogP contribution in [0.25, 0.3) is 0 Å².